The van der Waals surface area contributed by atoms with Crippen molar-refractivity contribution in [3.05, 3.63) is 34.0 Å². The zero-order valence-corrected chi connectivity index (χ0v) is 6.66. The van der Waals surface area contributed by atoms with Crippen LogP contribution in [-0.4, -0.2) is 0 Å². The molecule has 0 N–H and O–H groups in total. The van der Waals surface area contributed by atoms with E-state index in [1.807, 2.05) is 11.3 Å². The van der Waals surface area contributed by atoms with Crippen molar-refractivity contribution in [1.82, 2.24) is 0 Å². The quantitative estimate of drug-likeness (QED) is 0.530. The molecular formula is C9H8S. The Morgan fingerprint density at radius 2 is 2.20 bits per heavy atom. The summed E-state index contributed by atoms with van der Waals surface area (Å²) in [6, 6.07) is 2.20. The Kier molecular flexibility index (Phi) is 1.08. The fraction of sp³-hybridized carbons (Fsp3) is 0.111. The van der Waals surface area contributed by atoms with E-state index in [-0.39, 0.29) is 0 Å². The molecule has 0 radical (unpaired) electrons. The van der Waals surface area contributed by atoms with Gasteiger partial charge in [0.15, 0.2) is 0 Å². The third-order valence-corrected chi connectivity index (χ3v) is 2.78. The molecule has 0 unspecified atom stereocenters. The molecule has 0 bridgehead atoms. The highest BCUT2D eigenvalue weighted by Crippen LogP contribution is 2.34. The molecule has 2 rings (SSSR count). The Morgan fingerprint density at radius 1 is 1.40 bits per heavy atom. The molecule has 0 amide bonds. The van der Waals surface area contributed by atoms with Crippen molar-refractivity contribution in [2.45, 2.75) is 6.92 Å². The van der Waals surface area contributed by atoms with Gasteiger partial charge in [-0.15, -0.1) is 11.3 Å². The minimum atomic E-state index is 1.16. The van der Waals surface area contributed by atoms with Crippen LogP contribution in [0.5, 0.6) is 0 Å². The van der Waals surface area contributed by atoms with Crippen LogP contribution in [0.1, 0.15) is 15.3 Å². The zero-order valence-electron chi connectivity index (χ0n) is 5.85. The van der Waals surface area contributed by atoms with E-state index in [4.69, 9.17) is 0 Å². The third-order valence-electron chi connectivity index (χ3n) is 1.64. The summed E-state index contributed by atoms with van der Waals surface area (Å²) in [5, 5.41) is 0. The van der Waals surface area contributed by atoms with Crippen LogP contribution in [0.2, 0.25) is 0 Å². The summed E-state index contributed by atoms with van der Waals surface area (Å²) >= 11 is 1.82. The number of aryl methyl sites for hydroxylation is 1. The molecule has 10 heavy (non-hydrogen) atoms. The second-order valence-corrected chi connectivity index (χ2v) is 3.76. The van der Waals surface area contributed by atoms with Gasteiger partial charge in [0, 0.05) is 9.75 Å². The molecule has 0 atom stereocenters. The van der Waals surface area contributed by atoms with Crippen molar-refractivity contribution in [3.63, 3.8) is 0 Å². The van der Waals surface area contributed by atoms with Gasteiger partial charge in [-0.25, -0.2) is 0 Å². The highest BCUT2D eigenvalue weighted by molar-refractivity contribution is 7.13. The van der Waals surface area contributed by atoms with Crippen LogP contribution >= 0.6 is 11.3 Å². The van der Waals surface area contributed by atoms with E-state index in [0.29, 0.717) is 0 Å². The second-order valence-electron chi connectivity index (χ2n) is 2.50. The predicted octanol–water partition coefficient (Wildman–Crippen LogP) is 3.10. The van der Waals surface area contributed by atoms with E-state index in [9.17, 15) is 0 Å². The molecule has 50 valence electrons. The monoisotopic (exact) mass is 148 g/mol. The lowest BCUT2D eigenvalue weighted by atomic mass is 10.2. The molecule has 0 saturated heterocycles. The molecule has 0 aromatic carbocycles. The molecule has 1 aromatic rings. The smallest absolute Gasteiger partial charge is 0.0411 e. The van der Waals surface area contributed by atoms with Gasteiger partial charge in [-0.05, 0) is 24.1 Å². The number of fused-ring (bicyclic) bond motifs is 1. The molecule has 1 heterocycles. The largest absolute Gasteiger partial charge is 0.140 e. The van der Waals surface area contributed by atoms with Gasteiger partial charge in [0.2, 0.25) is 0 Å². The molecule has 0 aliphatic heterocycles. The average Bonchev–Trinajstić information content (AvgIpc) is 2.35. The van der Waals surface area contributed by atoms with E-state index >= 15 is 0 Å². The number of hydrogen-bond donors (Lipinski definition) is 0. The van der Waals surface area contributed by atoms with Crippen molar-refractivity contribution < 1.29 is 0 Å². The van der Waals surface area contributed by atoms with E-state index < -0.39 is 0 Å². The fourth-order valence-electron chi connectivity index (χ4n) is 1.17. The second kappa shape index (κ2) is 1.83. The molecule has 0 fully saturated rings. The summed E-state index contributed by atoms with van der Waals surface area (Å²) in [6.45, 7) is 6.06. The SMILES string of the molecule is C=C1C=Cc2cc(C)sc21. The first kappa shape index (κ1) is 5.93. The van der Waals surface area contributed by atoms with Crippen LogP contribution in [0.15, 0.2) is 18.7 Å². The molecule has 0 saturated carbocycles. The predicted molar refractivity (Wildman–Crippen MR) is 47.1 cm³/mol. The number of thiophene rings is 1. The van der Waals surface area contributed by atoms with Crippen LogP contribution < -0.4 is 0 Å². The average molecular weight is 148 g/mol. The van der Waals surface area contributed by atoms with Gasteiger partial charge in [-0.1, -0.05) is 18.7 Å². The van der Waals surface area contributed by atoms with Gasteiger partial charge in [0.25, 0.3) is 0 Å². The van der Waals surface area contributed by atoms with E-state index in [0.717, 1.165) is 5.57 Å². The maximum absolute atomic E-state index is 3.93. The third kappa shape index (κ3) is 0.673. The zero-order chi connectivity index (χ0) is 7.14. The van der Waals surface area contributed by atoms with Crippen molar-refractivity contribution in [2.24, 2.45) is 0 Å². The van der Waals surface area contributed by atoms with Crippen molar-refractivity contribution >= 4 is 23.0 Å². The van der Waals surface area contributed by atoms with Gasteiger partial charge >= 0.3 is 0 Å². The molecule has 0 nitrogen and oxygen atoms in total. The maximum atomic E-state index is 3.93. The first-order chi connectivity index (χ1) is 4.77. The highest BCUT2D eigenvalue weighted by Gasteiger charge is 2.10. The van der Waals surface area contributed by atoms with Crippen LogP contribution in [0.3, 0.4) is 0 Å². The summed E-state index contributed by atoms with van der Waals surface area (Å²) in [5.41, 5.74) is 2.50. The van der Waals surface area contributed by atoms with Crippen LogP contribution in [0.4, 0.5) is 0 Å². The Morgan fingerprint density at radius 3 is 2.90 bits per heavy atom. The Balaban J connectivity index is 2.68. The number of hydrogen-bond acceptors (Lipinski definition) is 1. The molecule has 1 aliphatic rings. The molecule has 0 spiro atoms. The Bertz CT molecular complexity index is 315. The Labute approximate surface area is 64.5 Å². The van der Waals surface area contributed by atoms with Crippen LogP contribution in [0, 0.1) is 6.92 Å². The molecule has 1 aliphatic carbocycles. The number of allylic oxidation sites excluding steroid dienone is 2. The fourth-order valence-corrected chi connectivity index (χ4v) is 2.13. The lowest BCUT2D eigenvalue weighted by Gasteiger charge is -1.86. The molecular weight excluding hydrogens is 140 g/mol. The van der Waals surface area contributed by atoms with Gasteiger partial charge in [0.05, 0.1) is 0 Å². The lowest BCUT2D eigenvalue weighted by Crippen LogP contribution is -1.63. The van der Waals surface area contributed by atoms with Crippen LogP contribution in [-0.2, 0) is 0 Å². The van der Waals surface area contributed by atoms with Crippen molar-refractivity contribution in [2.75, 3.05) is 0 Å². The Hall–Kier alpha value is -0.820. The molecule has 1 aromatic heterocycles. The summed E-state index contributed by atoms with van der Waals surface area (Å²) in [7, 11) is 0. The standard InChI is InChI=1S/C9H8S/c1-6-3-4-8-5-7(2)10-9(6)8/h3-5H,1H2,2H3. The van der Waals surface area contributed by atoms with Crippen molar-refractivity contribution in [1.29, 1.82) is 0 Å². The van der Waals surface area contributed by atoms with E-state index in [1.165, 1.54) is 15.3 Å². The van der Waals surface area contributed by atoms with Gasteiger partial charge in [0.1, 0.15) is 0 Å². The lowest BCUT2D eigenvalue weighted by molar-refractivity contribution is 1.63. The minimum Gasteiger partial charge on any atom is -0.140 e. The first-order valence-corrected chi connectivity index (χ1v) is 4.07. The number of rotatable bonds is 0. The summed E-state index contributed by atoms with van der Waals surface area (Å²) in [6.07, 6.45) is 4.20. The maximum Gasteiger partial charge on any atom is 0.0411 e. The minimum absolute atomic E-state index is 1.16. The summed E-state index contributed by atoms with van der Waals surface area (Å²) in [4.78, 5) is 2.72. The van der Waals surface area contributed by atoms with E-state index in [2.05, 4.69) is 31.7 Å². The van der Waals surface area contributed by atoms with Gasteiger partial charge in [-0.3, -0.25) is 0 Å². The van der Waals surface area contributed by atoms with Crippen molar-refractivity contribution in [3.8, 4) is 0 Å². The topological polar surface area (TPSA) is 0 Å². The first-order valence-electron chi connectivity index (χ1n) is 3.25. The normalized spacial score (nSPS) is 14.3. The highest BCUT2D eigenvalue weighted by atomic mass is 32.1. The van der Waals surface area contributed by atoms with Gasteiger partial charge < -0.3 is 0 Å². The van der Waals surface area contributed by atoms with Crippen LogP contribution in [0.25, 0.3) is 11.6 Å². The summed E-state index contributed by atoms with van der Waals surface area (Å²) < 4.78 is 0. The summed E-state index contributed by atoms with van der Waals surface area (Å²) in [5.74, 6) is 0. The van der Waals surface area contributed by atoms with E-state index in [1.54, 1.807) is 0 Å². The van der Waals surface area contributed by atoms with Gasteiger partial charge in [-0.2, -0.15) is 0 Å². The molecule has 1 heteroatoms.